The second kappa shape index (κ2) is 5.42. The number of aromatic nitrogens is 2. The summed E-state index contributed by atoms with van der Waals surface area (Å²) in [6.45, 7) is 5.71. The Hall–Kier alpha value is -1.20. The van der Waals surface area contributed by atoms with Crippen molar-refractivity contribution in [1.29, 1.82) is 0 Å². The zero-order chi connectivity index (χ0) is 12.3. The Bertz CT molecular complexity index is 387. The van der Waals surface area contributed by atoms with Gasteiger partial charge in [-0.25, -0.2) is 4.98 Å². The van der Waals surface area contributed by atoms with Crippen LogP contribution in [-0.4, -0.2) is 51.9 Å². The first kappa shape index (κ1) is 12.3. The second-order valence-electron chi connectivity index (χ2n) is 4.11. The summed E-state index contributed by atoms with van der Waals surface area (Å²) in [7, 11) is 0. The Labute approximate surface area is 105 Å². The average molecular weight is 255 g/mol. The fourth-order valence-electron chi connectivity index (χ4n) is 1.87. The quantitative estimate of drug-likeness (QED) is 0.783. The van der Waals surface area contributed by atoms with Gasteiger partial charge < -0.3 is 4.90 Å². The van der Waals surface area contributed by atoms with Gasteiger partial charge in [-0.05, 0) is 0 Å². The van der Waals surface area contributed by atoms with E-state index in [2.05, 4.69) is 14.9 Å². The molecule has 0 saturated carbocycles. The Morgan fingerprint density at radius 3 is 2.53 bits per heavy atom. The van der Waals surface area contributed by atoms with E-state index >= 15 is 0 Å². The van der Waals surface area contributed by atoms with Gasteiger partial charge in [0.05, 0.1) is 18.1 Å². The van der Waals surface area contributed by atoms with Crippen LogP contribution in [0, 0.1) is 0 Å². The lowest BCUT2D eigenvalue weighted by atomic mass is 10.3. The minimum Gasteiger partial charge on any atom is -0.340 e. The van der Waals surface area contributed by atoms with E-state index in [9.17, 15) is 4.79 Å². The van der Waals surface area contributed by atoms with Crippen LogP contribution in [0.3, 0.4) is 0 Å². The van der Waals surface area contributed by atoms with Gasteiger partial charge in [-0.2, -0.15) is 0 Å². The highest BCUT2D eigenvalue weighted by Gasteiger charge is 2.18. The molecule has 0 unspecified atom stereocenters. The molecule has 92 valence electrons. The van der Waals surface area contributed by atoms with E-state index in [4.69, 9.17) is 11.6 Å². The van der Waals surface area contributed by atoms with E-state index in [0.717, 1.165) is 38.4 Å². The molecule has 1 fully saturated rings. The summed E-state index contributed by atoms with van der Waals surface area (Å²) >= 11 is 5.68. The lowest BCUT2D eigenvalue weighted by Gasteiger charge is -2.33. The van der Waals surface area contributed by atoms with Crippen LogP contribution in [0.25, 0.3) is 0 Å². The van der Waals surface area contributed by atoms with Gasteiger partial charge >= 0.3 is 0 Å². The van der Waals surface area contributed by atoms with Gasteiger partial charge in [0.25, 0.3) is 0 Å². The molecule has 0 spiro atoms. The van der Waals surface area contributed by atoms with Gasteiger partial charge in [0, 0.05) is 39.6 Å². The van der Waals surface area contributed by atoms with E-state index in [0.29, 0.717) is 5.15 Å². The van der Waals surface area contributed by atoms with Crippen LogP contribution in [-0.2, 0) is 11.3 Å². The van der Waals surface area contributed by atoms with Crippen molar-refractivity contribution in [3.05, 3.63) is 23.2 Å². The molecule has 1 aliphatic rings. The lowest BCUT2D eigenvalue weighted by molar-refractivity contribution is -0.130. The number of nitrogens with zero attached hydrogens (tertiary/aromatic N) is 4. The third-order valence-corrected chi connectivity index (χ3v) is 3.07. The second-order valence-corrected chi connectivity index (χ2v) is 4.50. The van der Waals surface area contributed by atoms with E-state index in [1.807, 2.05) is 4.90 Å². The number of piperazine rings is 1. The molecule has 0 bridgehead atoms. The summed E-state index contributed by atoms with van der Waals surface area (Å²) < 4.78 is 0. The van der Waals surface area contributed by atoms with Gasteiger partial charge in [-0.1, -0.05) is 11.6 Å². The van der Waals surface area contributed by atoms with Gasteiger partial charge in [0.2, 0.25) is 5.91 Å². The molecule has 1 aromatic heterocycles. The molecule has 17 heavy (non-hydrogen) atoms. The molecular formula is C11H15ClN4O. The normalized spacial score (nSPS) is 17.2. The summed E-state index contributed by atoms with van der Waals surface area (Å²) in [5.41, 5.74) is 0.908. The first-order chi connectivity index (χ1) is 8.15. The molecular weight excluding hydrogens is 240 g/mol. The summed E-state index contributed by atoms with van der Waals surface area (Å²) in [6.07, 6.45) is 3.25. The standard InChI is InChI=1S/C11H15ClN4O/c1-9(17)16-4-2-15(3-5-16)8-10-6-14-11(12)7-13-10/h6-7H,2-5,8H2,1H3. The predicted molar refractivity (Wildman–Crippen MR) is 64.6 cm³/mol. The molecule has 6 heteroatoms. The van der Waals surface area contributed by atoms with Crippen molar-refractivity contribution in [2.45, 2.75) is 13.5 Å². The summed E-state index contributed by atoms with van der Waals surface area (Å²) in [5.74, 6) is 0.149. The Kier molecular flexibility index (Phi) is 3.91. The van der Waals surface area contributed by atoms with Crippen molar-refractivity contribution in [2.75, 3.05) is 26.2 Å². The SMILES string of the molecule is CC(=O)N1CCN(Cc2cnc(Cl)cn2)CC1. The lowest BCUT2D eigenvalue weighted by Crippen LogP contribution is -2.47. The van der Waals surface area contributed by atoms with E-state index < -0.39 is 0 Å². The summed E-state index contributed by atoms with van der Waals surface area (Å²) in [4.78, 5) is 23.5. The largest absolute Gasteiger partial charge is 0.340 e. The fraction of sp³-hybridized carbons (Fsp3) is 0.545. The van der Waals surface area contributed by atoms with Gasteiger partial charge in [0.15, 0.2) is 0 Å². The van der Waals surface area contributed by atoms with Crippen molar-refractivity contribution in [3.8, 4) is 0 Å². The number of hydrogen-bond acceptors (Lipinski definition) is 4. The molecule has 2 rings (SSSR count). The number of halogens is 1. The van der Waals surface area contributed by atoms with Gasteiger partial charge in [0.1, 0.15) is 5.15 Å². The molecule has 0 N–H and O–H groups in total. The molecule has 0 aromatic carbocycles. The van der Waals surface area contributed by atoms with Crippen LogP contribution < -0.4 is 0 Å². The van der Waals surface area contributed by atoms with Crippen LogP contribution in [0.5, 0.6) is 0 Å². The minimum absolute atomic E-state index is 0.149. The Morgan fingerprint density at radius 2 is 2.00 bits per heavy atom. The molecule has 5 nitrogen and oxygen atoms in total. The van der Waals surface area contributed by atoms with E-state index in [1.165, 1.54) is 0 Å². The smallest absolute Gasteiger partial charge is 0.219 e. The van der Waals surface area contributed by atoms with Crippen LogP contribution in [0.1, 0.15) is 12.6 Å². The number of carbonyl (C=O) groups is 1. The van der Waals surface area contributed by atoms with Crippen molar-refractivity contribution in [3.63, 3.8) is 0 Å². The maximum atomic E-state index is 11.2. The van der Waals surface area contributed by atoms with Crippen LogP contribution in [0.4, 0.5) is 0 Å². The topological polar surface area (TPSA) is 49.3 Å². The molecule has 1 aromatic rings. The zero-order valence-electron chi connectivity index (χ0n) is 9.77. The number of rotatable bonds is 2. The maximum Gasteiger partial charge on any atom is 0.219 e. The first-order valence-corrected chi connectivity index (χ1v) is 5.97. The van der Waals surface area contributed by atoms with Crippen LogP contribution in [0.2, 0.25) is 5.15 Å². The molecule has 1 amide bonds. The summed E-state index contributed by atoms with van der Waals surface area (Å²) in [5, 5.41) is 0.412. The van der Waals surface area contributed by atoms with Crippen LogP contribution in [0.15, 0.2) is 12.4 Å². The van der Waals surface area contributed by atoms with Gasteiger partial charge in [-0.3, -0.25) is 14.7 Å². The Balaban J connectivity index is 1.85. The number of amides is 1. The van der Waals surface area contributed by atoms with E-state index in [1.54, 1.807) is 19.3 Å². The molecule has 0 aliphatic carbocycles. The average Bonchev–Trinajstić information content (AvgIpc) is 2.33. The maximum absolute atomic E-state index is 11.2. The highest BCUT2D eigenvalue weighted by molar-refractivity contribution is 6.29. The highest BCUT2D eigenvalue weighted by Crippen LogP contribution is 2.07. The molecule has 0 radical (unpaired) electrons. The molecule has 1 saturated heterocycles. The third-order valence-electron chi connectivity index (χ3n) is 2.88. The van der Waals surface area contributed by atoms with Gasteiger partial charge in [-0.15, -0.1) is 0 Å². The minimum atomic E-state index is 0.149. The molecule has 0 atom stereocenters. The third kappa shape index (κ3) is 3.38. The van der Waals surface area contributed by atoms with Crippen molar-refractivity contribution < 1.29 is 4.79 Å². The molecule has 2 heterocycles. The first-order valence-electron chi connectivity index (χ1n) is 5.59. The summed E-state index contributed by atoms with van der Waals surface area (Å²) in [6, 6.07) is 0. The number of hydrogen-bond donors (Lipinski definition) is 0. The molecule has 1 aliphatic heterocycles. The predicted octanol–water partition coefficient (Wildman–Crippen LogP) is 0.794. The monoisotopic (exact) mass is 254 g/mol. The van der Waals surface area contributed by atoms with Crippen molar-refractivity contribution in [2.24, 2.45) is 0 Å². The van der Waals surface area contributed by atoms with Crippen LogP contribution >= 0.6 is 11.6 Å². The van der Waals surface area contributed by atoms with Crippen molar-refractivity contribution >= 4 is 17.5 Å². The van der Waals surface area contributed by atoms with E-state index in [-0.39, 0.29) is 5.91 Å². The Morgan fingerprint density at radius 1 is 1.29 bits per heavy atom. The van der Waals surface area contributed by atoms with Crippen molar-refractivity contribution in [1.82, 2.24) is 19.8 Å². The fourth-order valence-corrected chi connectivity index (χ4v) is 1.97. The zero-order valence-corrected chi connectivity index (χ0v) is 10.5. The highest BCUT2D eigenvalue weighted by atomic mass is 35.5. The number of carbonyl (C=O) groups excluding carboxylic acids is 1.